The van der Waals surface area contributed by atoms with E-state index in [2.05, 4.69) is 10.0 Å². The molecule has 6 heteroatoms. The quantitative estimate of drug-likeness (QED) is 0.721. The molecule has 0 saturated carbocycles. The number of carbonyl (C=O) groups is 1. The van der Waals surface area contributed by atoms with E-state index in [4.69, 9.17) is 0 Å². The maximum absolute atomic E-state index is 12.2. The number of amides is 1. The Morgan fingerprint density at radius 1 is 1.23 bits per heavy atom. The maximum Gasteiger partial charge on any atom is 0.251 e. The van der Waals surface area contributed by atoms with E-state index < -0.39 is 10.0 Å². The Hall–Kier alpha value is -1.40. The number of carbonyl (C=O) groups excluding carboxylic acids is 1. The zero-order valence-corrected chi connectivity index (χ0v) is 14.6. The zero-order valence-electron chi connectivity index (χ0n) is 13.8. The minimum atomic E-state index is -3.57. The number of nitrogens with one attached hydrogen (secondary N) is 2. The summed E-state index contributed by atoms with van der Waals surface area (Å²) in [6.07, 6.45) is 2.48. The Morgan fingerprint density at radius 3 is 2.50 bits per heavy atom. The molecule has 0 aliphatic rings. The van der Waals surface area contributed by atoms with Crippen molar-refractivity contribution in [2.75, 3.05) is 6.54 Å². The van der Waals surface area contributed by atoms with Crippen molar-refractivity contribution < 1.29 is 13.2 Å². The molecule has 1 aromatic carbocycles. The van der Waals surface area contributed by atoms with Crippen molar-refractivity contribution in [3.8, 4) is 0 Å². The molecule has 0 spiro atoms. The summed E-state index contributed by atoms with van der Waals surface area (Å²) in [5, 5.41) is 2.90. The zero-order chi connectivity index (χ0) is 16.8. The van der Waals surface area contributed by atoms with Crippen LogP contribution in [0.5, 0.6) is 0 Å². The van der Waals surface area contributed by atoms with Crippen molar-refractivity contribution in [1.29, 1.82) is 0 Å². The van der Waals surface area contributed by atoms with Crippen molar-refractivity contribution in [3.05, 3.63) is 29.8 Å². The van der Waals surface area contributed by atoms with Crippen molar-refractivity contribution in [2.45, 2.75) is 57.4 Å². The van der Waals surface area contributed by atoms with Gasteiger partial charge in [-0.15, -0.1) is 0 Å². The molecular formula is C16H26N2O3S. The summed E-state index contributed by atoms with van der Waals surface area (Å²) in [6, 6.07) is 6.11. The summed E-state index contributed by atoms with van der Waals surface area (Å²) < 4.78 is 26.9. The van der Waals surface area contributed by atoms with E-state index >= 15 is 0 Å². The molecule has 124 valence electrons. The Balaban J connectivity index is 2.92. The Labute approximate surface area is 133 Å². The lowest BCUT2D eigenvalue weighted by Gasteiger charge is -2.24. The monoisotopic (exact) mass is 326 g/mol. The van der Waals surface area contributed by atoms with Crippen LogP contribution in [0.15, 0.2) is 29.2 Å². The summed E-state index contributed by atoms with van der Waals surface area (Å²) in [7, 11) is -3.57. The molecule has 0 aliphatic carbocycles. The van der Waals surface area contributed by atoms with Gasteiger partial charge in [0, 0.05) is 17.6 Å². The van der Waals surface area contributed by atoms with E-state index in [1.807, 2.05) is 27.7 Å². The lowest BCUT2D eigenvalue weighted by Crippen LogP contribution is -2.42. The first-order valence-electron chi connectivity index (χ1n) is 7.64. The van der Waals surface area contributed by atoms with Gasteiger partial charge < -0.3 is 5.32 Å². The second-order valence-electron chi connectivity index (χ2n) is 5.97. The van der Waals surface area contributed by atoms with Crippen molar-refractivity contribution >= 4 is 15.9 Å². The lowest BCUT2D eigenvalue weighted by molar-refractivity contribution is 0.0911. The van der Waals surface area contributed by atoms with Gasteiger partial charge in [0.1, 0.15) is 0 Å². The molecule has 0 atom stereocenters. The third-order valence-corrected chi connectivity index (χ3v) is 5.02. The molecule has 1 rings (SSSR count). The third kappa shape index (κ3) is 5.42. The summed E-state index contributed by atoms with van der Waals surface area (Å²) in [6.45, 7) is 8.24. The molecule has 5 nitrogen and oxygen atoms in total. The number of rotatable bonds is 8. The highest BCUT2D eigenvalue weighted by molar-refractivity contribution is 7.89. The van der Waals surface area contributed by atoms with E-state index in [-0.39, 0.29) is 16.3 Å². The van der Waals surface area contributed by atoms with Crippen LogP contribution in [0.3, 0.4) is 0 Å². The van der Waals surface area contributed by atoms with Crippen molar-refractivity contribution in [3.63, 3.8) is 0 Å². The molecule has 0 aliphatic heterocycles. The molecule has 0 bridgehead atoms. The van der Waals surface area contributed by atoms with Gasteiger partial charge in [0.25, 0.3) is 5.91 Å². The van der Waals surface area contributed by atoms with Crippen LogP contribution in [-0.2, 0) is 10.0 Å². The largest absolute Gasteiger partial charge is 0.347 e. The molecule has 1 aromatic rings. The number of hydrogen-bond donors (Lipinski definition) is 2. The molecule has 0 fully saturated rings. The number of unbranched alkanes of at least 4 members (excludes halogenated alkanes) is 1. The van der Waals surface area contributed by atoms with E-state index in [0.29, 0.717) is 12.1 Å². The maximum atomic E-state index is 12.2. The van der Waals surface area contributed by atoms with E-state index in [1.165, 1.54) is 12.1 Å². The van der Waals surface area contributed by atoms with Gasteiger partial charge >= 0.3 is 0 Å². The minimum absolute atomic E-state index is 0.116. The topological polar surface area (TPSA) is 75.3 Å². The SMILES string of the molecule is CCCCNS(=O)(=O)c1cccc(C(=O)NC(C)(C)CC)c1. The predicted molar refractivity (Wildman–Crippen MR) is 88.4 cm³/mol. The van der Waals surface area contributed by atoms with Gasteiger partial charge in [0.15, 0.2) is 0 Å². The molecular weight excluding hydrogens is 300 g/mol. The van der Waals surface area contributed by atoms with Crippen LogP contribution in [0.1, 0.15) is 57.3 Å². The number of hydrogen-bond acceptors (Lipinski definition) is 3. The van der Waals surface area contributed by atoms with Crippen LogP contribution in [-0.4, -0.2) is 26.4 Å². The first-order valence-corrected chi connectivity index (χ1v) is 9.12. The fraction of sp³-hybridized carbons (Fsp3) is 0.562. The van der Waals surface area contributed by atoms with Gasteiger partial charge in [-0.3, -0.25) is 4.79 Å². The summed E-state index contributed by atoms with van der Waals surface area (Å²) in [4.78, 5) is 12.3. The molecule has 1 amide bonds. The van der Waals surface area contributed by atoms with Crippen LogP contribution in [0, 0.1) is 0 Å². The second-order valence-corrected chi connectivity index (χ2v) is 7.74. The summed E-state index contributed by atoms with van der Waals surface area (Å²) in [5.41, 5.74) is 0.0191. The fourth-order valence-electron chi connectivity index (χ4n) is 1.74. The predicted octanol–water partition coefficient (Wildman–Crippen LogP) is 2.68. The van der Waals surface area contributed by atoms with E-state index in [9.17, 15) is 13.2 Å². The Kier molecular flexibility index (Phi) is 6.56. The van der Waals surface area contributed by atoms with Crippen LogP contribution < -0.4 is 10.0 Å². The molecule has 0 unspecified atom stereocenters. The van der Waals surface area contributed by atoms with Crippen molar-refractivity contribution in [2.24, 2.45) is 0 Å². The van der Waals surface area contributed by atoms with Crippen LogP contribution >= 0.6 is 0 Å². The third-order valence-electron chi connectivity index (χ3n) is 3.56. The smallest absolute Gasteiger partial charge is 0.251 e. The summed E-state index contributed by atoms with van der Waals surface area (Å²) >= 11 is 0. The Morgan fingerprint density at radius 2 is 1.91 bits per heavy atom. The van der Waals surface area contributed by atoms with E-state index in [0.717, 1.165) is 19.3 Å². The molecule has 0 heterocycles. The van der Waals surface area contributed by atoms with Crippen LogP contribution in [0.25, 0.3) is 0 Å². The molecule has 0 saturated heterocycles. The highest BCUT2D eigenvalue weighted by Gasteiger charge is 2.20. The number of sulfonamides is 1. The van der Waals surface area contributed by atoms with Gasteiger partial charge in [-0.25, -0.2) is 13.1 Å². The van der Waals surface area contributed by atoms with Gasteiger partial charge in [-0.1, -0.05) is 26.3 Å². The number of benzene rings is 1. The van der Waals surface area contributed by atoms with E-state index in [1.54, 1.807) is 12.1 Å². The van der Waals surface area contributed by atoms with Gasteiger partial charge in [0.2, 0.25) is 10.0 Å². The van der Waals surface area contributed by atoms with Gasteiger partial charge in [0.05, 0.1) is 4.90 Å². The second kappa shape index (κ2) is 7.74. The molecule has 22 heavy (non-hydrogen) atoms. The Bertz CT molecular complexity index is 610. The first kappa shape index (κ1) is 18.6. The average Bonchev–Trinajstić information content (AvgIpc) is 2.47. The average molecular weight is 326 g/mol. The standard InChI is InChI=1S/C16H26N2O3S/c1-5-7-11-17-22(20,21)14-10-8-9-13(12-14)15(19)18-16(3,4)6-2/h8-10,12,17H,5-7,11H2,1-4H3,(H,18,19). The summed E-state index contributed by atoms with van der Waals surface area (Å²) in [5.74, 6) is -0.266. The minimum Gasteiger partial charge on any atom is -0.347 e. The van der Waals surface area contributed by atoms with Crippen molar-refractivity contribution in [1.82, 2.24) is 10.0 Å². The molecule has 0 radical (unpaired) electrons. The molecule has 2 N–H and O–H groups in total. The van der Waals surface area contributed by atoms with Gasteiger partial charge in [-0.2, -0.15) is 0 Å². The lowest BCUT2D eigenvalue weighted by atomic mass is 10.0. The first-order chi connectivity index (χ1) is 10.2. The normalized spacial score (nSPS) is 12.2. The van der Waals surface area contributed by atoms with Gasteiger partial charge in [-0.05, 0) is 44.9 Å². The van der Waals surface area contributed by atoms with Crippen LogP contribution in [0.2, 0.25) is 0 Å². The highest BCUT2D eigenvalue weighted by Crippen LogP contribution is 2.14. The fourth-order valence-corrected chi connectivity index (χ4v) is 2.86. The molecule has 0 aromatic heterocycles. The highest BCUT2D eigenvalue weighted by atomic mass is 32.2. The van der Waals surface area contributed by atoms with Crippen LogP contribution in [0.4, 0.5) is 0 Å².